The van der Waals surface area contributed by atoms with E-state index in [1.165, 1.54) is 31.7 Å². The average molecular weight is 263 g/mol. The summed E-state index contributed by atoms with van der Waals surface area (Å²) in [5, 5.41) is 0. The SMILES string of the molecule is C[C@@H](N)c1ccc(OCC2CC3CCC2C3)c(F)c1. The van der Waals surface area contributed by atoms with Gasteiger partial charge in [-0.1, -0.05) is 12.5 Å². The van der Waals surface area contributed by atoms with Gasteiger partial charge < -0.3 is 10.5 Å². The third kappa shape index (κ3) is 2.62. The molecule has 2 bridgehead atoms. The van der Waals surface area contributed by atoms with Gasteiger partial charge in [-0.25, -0.2) is 4.39 Å². The maximum absolute atomic E-state index is 13.9. The first-order valence-corrected chi connectivity index (χ1v) is 7.31. The van der Waals surface area contributed by atoms with E-state index in [4.69, 9.17) is 10.5 Å². The number of rotatable bonds is 4. The number of benzene rings is 1. The van der Waals surface area contributed by atoms with Crippen LogP contribution in [0.15, 0.2) is 18.2 Å². The van der Waals surface area contributed by atoms with E-state index in [1.807, 2.05) is 13.0 Å². The zero-order valence-corrected chi connectivity index (χ0v) is 11.4. The Morgan fingerprint density at radius 2 is 2.21 bits per heavy atom. The van der Waals surface area contributed by atoms with Crippen LogP contribution in [0, 0.1) is 23.6 Å². The zero-order chi connectivity index (χ0) is 13.4. The van der Waals surface area contributed by atoms with Crippen molar-refractivity contribution in [1.82, 2.24) is 0 Å². The smallest absolute Gasteiger partial charge is 0.165 e. The molecule has 2 nitrogen and oxygen atoms in total. The molecule has 104 valence electrons. The molecule has 2 fully saturated rings. The monoisotopic (exact) mass is 263 g/mol. The number of halogens is 1. The van der Waals surface area contributed by atoms with Crippen molar-refractivity contribution in [2.24, 2.45) is 23.5 Å². The van der Waals surface area contributed by atoms with Crippen LogP contribution >= 0.6 is 0 Å². The van der Waals surface area contributed by atoms with E-state index >= 15 is 0 Å². The molecule has 0 saturated heterocycles. The maximum Gasteiger partial charge on any atom is 0.165 e. The fraction of sp³-hybridized carbons (Fsp3) is 0.625. The second kappa shape index (κ2) is 5.12. The van der Waals surface area contributed by atoms with Gasteiger partial charge >= 0.3 is 0 Å². The lowest BCUT2D eigenvalue weighted by molar-refractivity contribution is 0.189. The Labute approximate surface area is 114 Å². The van der Waals surface area contributed by atoms with Crippen LogP contribution in [-0.4, -0.2) is 6.61 Å². The van der Waals surface area contributed by atoms with Crippen molar-refractivity contribution >= 4 is 0 Å². The lowest BCUT2D eigenvalue weighted by atomic mass is 9.89. The molecule has 2 saturated carbocycles. The summed E-state index contributed by atoms with van der Waals surface area (Å²) in [4.78, 5) is 0. The van der Waals surface area contributed by atoms with E-state index in [0.29, 0.717) is 18.3 Å². The summed E-state index contributed by atoms with van der Waals surface area (Å²) in [7, 11) is 0. The van der Waals surface area contributed by atoms with Crippen LogP contribution in [0.25, 0.3) is 0 Å². The molecule has 0 aromatic heterocycles. The standard InChI is InChI=1S/C16H22FNO/c1-10(18)12-4-5-16(15(17)8-12)19-9-14-7-11-2-3-13(14)6-11/h4-5,8,10-11,13-14H,2-3,6-7,9,18H2,1H3/t10-,11?,13?,14?/m1/s1. The van der Waals surface area contributed by atoms with E-state index in [-0.39, 0.29) is 11.9 Å². The highest BCUT2D eigenvalue weighted by molar-refractivity contribution is 5.30. The molecule has 1 aromatic carbocycles. The fourth-order valence-corrected chi connectivity index (χ4v) is 3.69. The number of hydrogen-bond acceptors (Lipinski definition) is 2. The zero-order valence-electron chi connectivity index (χ0n) is 11.4. The van der Waals surface area contributed by atoms with Crippen LogP contribution in [0.4, 0.5) is 4.39 Å². The molecule has 3 rings (SSSR count). The summed E-state index contributed by atoms with van der Waals surface area (Å²) in [6.07, 6.45) is 5.35. The summed E-state index contributed by atoms with van der Waals surface area (Å²) in [6.45, 7) is 2.51. The summed E-state index contributed by atoms with van der Waals surface area (Å²) in [5.41, 5.74) is 6.55. The minimum atomic E-state index is -0.294. The van der Waals surface area contributed by atoms with E-state index < -0.39 is 0 Å². The Morgan fingerprint density at radius 1 is 1.37 bits per heavy atom. The van der Waals surface area contributed by atoms with Gasteiger partial charge in [-0.05, 0) is 61.6 Å². The lowest BCUT2D eigenvalue weighted by Crippen LogP contribution is -2.19. The van der Waals surface area contributed by atoms with E-state index in [2.05, 4.69) is 0 Å². The normalized spacial score (nSPS) is 30.6. The molecule has 2 aliphatic rings. The number of ether oxygens (including phenoxy) is 1. The van der Waals surface area contributed by atoms with E-state index in [1.54, 1.807) is 6.07 Å². The van der Waals surface area contributed by atoms with Gasteiger partial charge in [0, 0.05) is 6.04 Å². The summed E-state index contributed by atoms with van der Waals surface area (Å²) >= 11 is 0. The Balaban J connectivity index is 1.61. The van der Waals surface area contributed by atoms with Gasteiger partial charge in [0.15, 0.2) is 11.6 Å². The Hall–Kier alpha value is -1.09. The first-order valence-electron chi connectivity index (χ1n) is 7.31. The number of nitrogens with two attached hydrogens (primary N) is 1. The van der Waals surface area contributed by atoms with Gasteiger partial charge in [-0.3, -0.25) is 0 Å². The topological polar surface area (TPSA) is 35.2 Å². The van der Waals surface area contributed by atoms with Crippen molar-refractivity contribution in [2.45, 2.75) is 38.6 Å². The molecule has 3 heteroatoms. The molecule has 19 heavy (non-hydrogen) atoms. The second-order valence-corrected chi connectivity index (χ2v) is 6.22. The molecular weight excluding hydrogens is 241 g/mol. The van der Waals surface area contributed by atoms with Crippen LogP contribution < -0.4 is 10.5 Å². The van der Waals surface area contributed by atoms with E-state index in [0.717, 1.165) is 17.4 Å². The molecule has 0 spiro atoms. The number of hydrogen-bond donors (Lipinski definition) is 1. The van der Waals surface area contributed by atoms with Gasteiger partial charge in [0.1, 0.15) is 0 Å². The third-order valence-electron chi connectivity index (χ3n) is 4.82. The minimum Gasteiger partial charge on any atom is -0.490 e. The first-order chi connectivity index (χ1) is 9.13. The van der Waals surface area contributed by atoms with Gasteiger partial charge in [0.2, 0.25) is 0 Å². The molecule has 0 radical (unpaired) electrons. The molecular formula is C16H22FNO. The predicted molar refractivity (Wildman–Crippen MR) is 73.4 cm³/mol. The molecule has 0 aliphatic heterocycles. The Kier molecular flexibility index (Phi) is 3.48. The van der Waals surface area contributed by atoms with Gasteiger partial charge in [0.05, 0.1) is 6.61 Å². The lowest BCUT2D eigenvalue weighted by Gasteiger charge is -2.22. The molecule has 0 heterocycles. The second-order valence-electron chi connectivity index (χ2n) is 6.22. The molecule has 2 aliphatic carbocycles. The van der Waals surface area contributed by atoms with Crippen LogP contribution in [0.5, 0.6) is 5.75 Å². The van der Waals surface area contributed by atoms with E-state index in [9.17, 15) is 4.39 Å². The van der Waals surface area contributed by atoms with Crippen molar-refractivity contribution in [3.05, 3.63) is 29.6 Å². The third-order valence-corrected chi connectivity index (χ3v) is 4.82. The van der Waals surface area contributed by atoms with Gasteiger partial charge in [-0.2, -0.15) is 0 Å². The summed E-state index contributed by atoms with van der Waals surface area (Å²) in [5.74, 6) is 2.43. The van der Waals surface area contributed by atoms with Crippen molar-refractivity contribution in [1.29, 1.82) is 0 Å². The molecule has 2 N–H and O–H groups in total. The minimum absolute atomic E-state index is 0.144. The van der Waals surface area contributed by atoms with Crippen molar-refractivity contribution in [2.75, 3.05) is 6.61 Å². The van der Waals surface area contributed by atoms with Crippen LogP contribution in [0.2, 0.25) is 0 Å². The molecule has 1 aromatic rings. The fourth-order valence-electron chi connectivity index (χ4n) is 3.69. The molecule has 4 atom stereocenters. The first kappa shape index (κ1) is 12.9. The molecule has 3 unspecified atom stereocenters. The Morgan fingerprint density at radius 3 is 2.79 bits per heavy atom. The van der Waals surface area contributed by atoms with Crippen LogP contribution in [-0.2, 0) is 0 Å². The van der Waals surface area contributed by atoms with Crippen LogP contribution in [0.1, 0.15) is 44.2 Å². The van der Waals surface area contributed by atoms with Crippen LogP contribution in [0.3, 0.4) is 0 Å². The summed E-state index contributed by atoms with van der Waals surface area (Å²) in [6, 6.07) is 4.90. The van der Waals surface area contributed by atoms with Gasteiger partial charge in [-0.15, -0.1) is 0 Å². The highest BCUT2D eigenvalue weighted by atomic mass is 19.1. The quantitative estimate of drug-likeness (QED) is 0.899. The molecule has 0 amide bonds. The largest absolute Gasteiger partial charge is 0.490 e. The average Bonchev–Trinajstić information content (AvgIpc) is 2.99. The maximum atomic E-state index is 13.9. The Bertz CT molecular complexity index is 460. The predicted octanol–water partition coefficient (Wildman–Crippen LogP) is 3.66. The number of fused-ring (bicyclic) bond motifs is 2. The van der Waals surface area contributed by atoms with Gasteiger partial charge in [0.25, 0.3) is 0 Å². The summed E-state index contributed by atoms with van der Waals surface area (Å²) < 4.78 is 19.6. The van der Waals surface area contributed by atoms with Crippen molar-refractivity contribution < 1.29 is 9.13 Å². The van der Waals surface area contributed by atoms with Crippen molar-refractivity contribution in [3.8, 4) is 5.75 Å². The highest BCUT2D eigenvalue weighted by Crippen LogP contribution is 2.48. The van der Waals surface area contributed by atoms with Crippen molar-refractivity contribution in [3.63, 3.8) is 0 Å². The highest BCUT2D eigenvalue weighted by Gasteiger charge is 2.39.